The zero-order chi connectivity index (χ0) is 20.3. The molecule has 152 valence electrons. The van der Waals surface area contributed by atoms with Gasteiger partial charge < -0.3 is 15.1 Å². The van der Waals surface area contributed by atoms with Crippen LogP contribution in [0.1, 0.15) is 49.8 Å². The topological polar surface area (TPSA) is 79.2 Å². The summed E-state index contributed by atoms with van der Waals surface area (Å²) in [5.74, 6) is 0.706. The van der Waals surface area contributed by atoms with Gasteiger partial charge in [-0.2, -0.15) is 4.80 Å². The number of nitrogens with zero attached hydrogens (tertiary/aromatic N) is 6. The summed E-state index contributed by atoms with van der Waals surface area (Å²) in [7, 11) is 4.02. The van der Waals surface area contributed by atoms with E-state index in [1.54, 1.807) is 4.80 Å². The van der Waals surface area contributed by atoms with Crippen molar-refractivity contribution >= 4 is 11.6 Å². The predicted octanol–water partition coefficient (Wildman–Crippen LogP) is 2.21. The molecule has 3 rings (SSSR count). The molecule has 1 amide bonds. The molecule has 2 aromatic rings. The van der Waals surface area contributed by atoms with E-state index < -0.39 is 0 Å². The van der Waals surface area contributed by atoms with Crippen LogP contribution in [0, 0.1) is 0 Å². The number of hydrogen-bond acceptors (Lipinski definition) is 6. The molecule has 1 aromatic heterocycles. The normalized spacial score (nSPS) is 18.1. The van der Waals surface area contributed by atoms with Gasteiger partial charge in [-0.1, -0.05) is 0 Å². The van der Waals surface area contributed by atoms with Gasteiger partial charge in [0.2, 0.25) is 0 Å². The lowest BCUT2D eigenvalue weighted by molar-refractivity contribution is 0.0644. The Morgan fingerprint density at radius 3 is 2.61 bits per heavy atom. The number of benzene rings is 1. The molecule has 0 aliphatic carbocycles. The van der Waals surface area contributed by atoms with Crippen LogP contribution in [0.3, 0.4) is 0 Å². The fourth-order valence-electron chi connectivity index (χ4n) is 3.33. The summed E-state index contributed by atoms with van der Waals surface area (Å²) < 4.78 is 0. The predicted molar refractivity (Wildman–Crippen MR) is 109 cm³/mol. The maximum absolute atomic E-state index is 12.8. The van der Waals surface area contributed by atoms with Crippen LogP contribution in [-0.4, -0.2) is 69.1 Å². The van der Waals surface area contributed by atoms with Gasteiger partial charge in [-0.05, 0) is 76.7 Å². The van der Waals surface area contributed by atoms with Crippen LogP contribution in [-0.2, 0) is 12.1 Å². The van der Waals surface area contributed by atoms with Gasteiger partial charge in [0, 0.05) is 30.9 Å². The highest BCUT2D eigenvalue weighted by molar-refractivity contribution is 5.94. The van der Waals surface area contributed by atoms with Crippen molar-refractivity contribution in [3.8, 4) is 0 Å². The fourth-order valence-corrected chi connectivity index (χ4v) is 3.33. The minimum Gasteiger partial charge on any atom is -0.378 e. The Hall–Kier alpha value is -2.48. The second kappa shape index (κ2) is 8.26. The summed E-state index contributed by atoms with van der Waals surface area (Å²) in [5.41, 5.74) is 1.44. The molecule has 0 saturated carbocycles. The number of likely N-dealkylation sites (N-methyl/N-ethyl adjacent to an activating group) is 2. The first kappa shape index (κ1) is 20.3. The summed E-state index contributed by atoms with van der Waals surface area (Å²) in [4.78, 5) is 18.6. The minimum atomic E-state index is -0.188. The second-order valence-corrected chi connectivity index (χ2v) is 8.57. The lowest BCUT2D eigenvalue weighted by Gasteiger charge is -2.35. The highest BCUT2D eigenvalue weighted by atomic mass is 16.2. The Morgan fingerprint density at radius 2 is 2.00 bits per heavy atom. The van der Waals surface area contributed by atoms with E-state index in [0.717, 1.165) is 31.6 Å². The first-order valence-corrected chi connectivity index (χ1v) is 9.83. The molecule has 1 atom stereocenters. The number of carbonyl (C=O) groups excluding carboxylic acids is 1. The van der Waals surface area contributed by atoms with E-state index in [-0.39, 0.29) is 17.5 Å². The Balaban J connectivity index is 1.57. The first-order valence-electron chi connectivity index (χ1n) is 9.83. The zero-order valence-electron chi connectivity index (χ0n) is 17.5. The number of rotatable bonds is 5. The van der Waals surface area contributed by atoms with Gasteiger partial charge >= 0.3 is 0 Å². The van der Waals surface area contributed by atoms with Crippen LogP contribution in [0.4, 0.5) is 5.69 Å². The van der Waals surface area contributed by atoms with Crippen LogP contribution in [0.5, 0.6) is 0 Å². The molecule has 2 heterocycles. The average molecular weight is 386 g/mol. The molecule has 1 aromatic carbocycles. The number of likely N-dealkylation sites (tertiary alicyclic amines) is 1. The Morgan fingerprint density at radius 1 is 1.29 bits per heavy atom. The van der Waals surface area contributed by atoms with E-state index >= 15 is 0 Å². The van der Waals surface area contributed by atoms with E-state index in [2.05, 4.69) is 32.7 Å². The van der Waals surface area contributed by atoms with Gasteiger partial charge in [-0.15, -0.1) is 10.2 Å². The van der Waals surface area contributed by atoms with E-state index in [0.29, 0.717) is 17.9 Å². The van der Waals surface area contributed by atoms with Crippen molar-refractivity contribution in [2.24, 2.45) is 0 Å². The van der Waals surface area contributed by atoms with Gasteiger partial charge in [0.15, 0.2) is 5.82 Å². The molecule has 0 spiro atoms. The number of hydrogen-bond donors (Lipinski definition) is 1. The van der Waals surface area contributed by atoms with E-state index in [1.807, 2.05) is 57.0 Å². The number of amides is 1. The Bertz CT molecular complexity index is 794. The molecular formula is C20H31N7O. The van der Waals surface area contributed by atoms with Crippen molar-refractivity contribution in [1.29, 1.82) is 0 Å². The highest BCUT2D eigenvalue weighted by Gasteiger charge is 2.25. The molecular weight excluding hydrogens is 354 g/mol. The summed E-state index contributed by atoms with van der Waals surface area (Å²) in [5, 5.41) is 15.8. The van der Waals surface area contributed by atoms with Crippen molar-refractivity contribution in [2.45, 2.75) is 51.7 Å². The zero-order valence-corrected chi connectivity index (χ0v) is 17.5. The van der Waals surface area contributed by atoms with Gasteiger partial charge in [0.1, 0.15) is 0 Å². The van der Waals surface area contributed by atoms with Crippen molar-refractivity contribution in [2.75, 3.05) is 32.5 Å². The third kappa shape index (κ3) is 4.86. The van der Waals surface area contributed by atoms with Gasteiger partial charge in [0.05, 0.1) is 12.1 Å². The van der Waals surface area contributed by atoms with Crippen molar-refractivity contribution < 1.29 is 4.79 Å². The molecule has 0 unspecified atom stereocenters. The number of anilines is 1. The maximum Gasteiger partial charge on any atom is 0.253 e. The lowest BCUT2D eigenvalue weighted by Crippen LogP contribution is -2.47. The fraction of sp³-hybridized carbons (Fsp3) is 0.600. The summed E-state index contributed by atoms with van der Waals surface area (Å²) in [6, 6.07) is 7.85. The third-order valence-corrected chi connectivity index (χ3v) is 5.11. The lowest BCUT2D eigenvalue weighted by atomic mass is 10.0. The number of nitrogens with one attached hydrogen (secondary N) is 1. The largest absolute Gasteiger partial charge is 0.378 e. The first-order chi connectivity index (χ1) is 13.2. The van der Waals surface area contributed by atoms with E-state index in [1.165, 1.54) is 0 Å². The summed E-state index contributed by atoms with van der Waals surface area (Å²) in [6.07, 6.45) is 2.20. The van der Waals surface area contributed by atoms with Crippen molar-refractivity contribution in [3.05, 3.63) is 35.7 Å². The molecule has 1 saturated heterocycles. The number of aromatic nitrogens is 4. The molecule has 0 radical (unpaired) electrons. The minimum absolute atomic E-state index is 0.0710. The Kier molecular flexibility index (Phi) is 5.98. The summed E-state index contributed by atoms with van der Waals surface area (Å²) >= 11 is 0. The van der Waals surface area contributed by atoms with E-state index in [9.17, 15) is 4.79 Å². The average Bonchev–Trinajstić information content (AvgIpc) is 3.15. The molecule has 1 fully saturated rings. The van der Waals surface area contributed by atoms with E-state index in [4.69, 9.17) is 0 Å². The van der Waals surface area contributed by atoms with Crippen molar-refractivity contribution in [3.63, 3.8) is 0 Å². The smallest absolute Gasteiger partial charge is 0.253 e. The van der Waals surface area contributed by atoms with Crippen LogP contribution in [0.25, 0.3) is 0 Å². The van der Waals surface area contributed by atoms with Gasteiger partial charge in [-0.3, -0.25) is 4.79 Å². The molecule has 8 heteroatoms. The molecule has 1 aliphatic rings. The van der Waals surface area contributed by atoms with Gasteiger partial charge in [-0.25, -0.2) is 0 Å². The Labute approximate surface area is 166 Å². The SMILES string of the molecule is CN1CCC[C@H](N(C)C(=O)c2ccc(NCc3nnn(C(C)(C)C)n3)cc2)C1. The molecule has 28 heavy (non-hydrogen) atoms. The molecule has 1 aliphatic heterocycles. The van der Waals surface area contributed by atoms with Crippen molar-refractivity contribution in [1.82, 2.24) is 30.0 Å². The molecule has 0 bridgehead atoms. The summed E-state index contributed by atoms with van der Waals surface area (Å²) in [6.45, 7) is 8.62. The number of tetrazole rings is 1. The maximum atomic E-state index is 12.8. The van der Waals surface area contributed by atoms with Crippen LogP contribution in [0.15, 0.2) is 24.3 Å². The molecule has 8 nitrogen and oxygen atoms in total. The number of carbonyl (C=O) groups is 1. The van der Waals surface area contributed by atoms with Gasteiger partial charge in [0.25, 0.3) is 5.91 Å². The van der Waals surface area contributed by atoms with Crippen LogP contribution in [0.2, 0.25) is 0 Å². The quantitative estimate of drug-likeness (QED) is 0.850. The monoisotopic (exact) mass is 385 g/mol. The highest BCUT2D eigenvalue weighted by Crippen LogP contribution is 2.18. The number of piperidine rings is 1. The second-order valence-electron chi connectivity index (χ2n) is 8.57. The standard InChI is InChI=1S/C20H31N7O/c1-20(2,3)27-23-18(22-24-27)13-21-16-10-8-15(9-11-16)19(28)26(5)17-7-6-12-25(4)14-17/h8-11,17,21H,6-7,12-14H2,1-5H3/t17-/m0/s1. The third-order valence-electron chi connectivity index (χ3n) is 5.11. The van der Waals surface area contributed by atoms with Crippen LogP contribution < -0.4 is 5.32 Å². The van der Waals surface area contributed by atoms with Crippen LogP contribution >= 0.6 is 0 Å². The molecule has 1 N–H and O–H groups in total.